The average molecular weight is 196 g/mol. The van der Waals surface area contributed by atoms with Gasteiger partial charge in [0, 0.05) is 12.3 Å². The lowest BCUT2D eigenvalue weighted by molar-refractivity contribution is -0.137. The van der Waals surface area contributed by atoms with E-state index in [0.717, 1.165) is 0 Å². The first-order valence-corrected chi connectivity index (χ1v) is 4.13. The summed E-state index contributed by atoms with van der Waals surface area (Å²) in [7, 11) is 1.54. The topological polar surface area (TPSA) is 71.5 Å². The van der Waals surface area contributed by atoms with Crippen molar-refractivity contribution in [3.05, 3.63) is 18.3 Å². The number of carbonyl (C=O) groups is 1. The Bertz CT molecular complexity index is 328. The second-order valence-electron chi connectivity index (χ2n) is 2.79. The second-order valence-corrected chi connectivity index (χ2v) is 2.79. The predicted octanol–water partition coefficient (Wildman–Crippen LogP) is 0.975. The Morgan fingerprint density at radius 1 is 1.71 bits per heavy atom. The Hall–Kier alpha value is -1.78. The van der Waals surface area contributed by atoms with Crippen LogP contribution in [0.15, 0.2) is 18.3 Å². The largest absolute Gasteiger partial charge is 0.497 e. The summed E-state index contributed by atoms with van der Waals surface area (Å²) in [6.45, 7) is 1.55. The molecule has 2 N–H and O–H groups in total. The monoisotopic (exact) mass is 196 g/mol. The minimum absolute atomic E-state index is 0.485. The molecule has 1 rings (SSSR count). The van der Waals surface area contributed by atoms with E-state index in [1.807, 2.05) is 0 Å². The van der Waals surface area contributed by atoms with Crippen molar-refractivity contribution < 1.29 is 14.6 Å². The molecule has 5 heteroatoms. The highest BCUT2D eigenvalue weighted by Gasteiger charge is 2.10. The van der Waals surface area contributed by atoms with Crippen LogP contribution in [0.4, 0.5) is 5.82 Å². The number of aliphatic carboxylic acids is 1. The number of carboxylic acid groups (broad SMARTS) is 1. The summed E-state index contributed by atoms with van der Waals surface area (Å²) in [5, 5.41) is 11.4. The second kappa shape index (κ2) is 4.45. The summed E-state index contributed by atoms with van der Waals surface area (Å²) in [6, 6.07) is 2.66. The molecule has 0 spiro atoms. The van der Waals surface area contributed by atoms with Crippen molar-refractivity contribution >= 4 is 11.8 Å². The summed E-state index contributed by atoms with van der Waals surface area (Å²) in [5.41, 5.74) is 0. The van der Waals surface area contributed by atoms with Crippen molar-refractivity contribution in [2.24, 2.45) is 0 Å². The normalized spacial score (nSPS) is 11.9. The van der Waals surface area contributed by atoms with Gasteiger partial charge < -0.3 is 15.2 Å². The van der Waals surface area contributed by atoms with Crippen LogP contribution in [0.3, 0.4) is 0 Å². The lowest BCUT2D eigenvalue weighted by Gasteiger charge is -2.10. The van der Waals surface area contributed by atoms with Crippen molar-refractivity contribution in [3.8, 4) is 5.75 Å². The van der Waals surface area contributed by atoms with Crippen molar-refractivity contribution in [3.63, 3.8) is 0 Å². The van der Waals surface area contributed by atoms with Crippen molar-refractivity contribution in [2.75, 3.05) is 12.4 Å². The van der Waals surface area contributed by atoms with Gasteiger partial charge in [0.15, 0.2) is 0 Å². The maximum Gasteiger partial charge on any atom is 0.325 e. The van der Waals surface area contributed by atoms with E-state index in [4.69, 9.17) is 9.84 Å². The maximum atomic E-state index is 10.5. The minimum Gasteiger partial charge on any atom is -0.497 e. The van der Waals surface area contributed by atoms with E-state index < -0.39 is 12.0 Å². The molecule has 1 aromatic rings. The molecule has 0 aliphatic rings. The SMILES string of the molecule is COc1ccnc(NC(C)C(=O)O)c1. The van der Waals surface area contributed by atoms with Gasteiger partial charge in [-0.25, -0.2) is 4.98 Å². The van der Waals surface area contributed by atoms with E-state index >= 15 is 0 Å². The standard InChI is InChI=1S/C9H12N2O3/c1-6(9(12)13)11-8-5-7(14-2)3-4-10-8/h3-6H,1-2H3,(H,10,11)(H,12,13). The zero-order valence-corrected chi connectivity index (χ0v) is 8.02. The van der Waals surface area contributed by atoms with Crippen LogP contribution in [0.25, 0.3) is 0 Å². The van der Waals surface area contributed by atoms with Gasteiger partial charge in [-0.15, -0.1) is 0 Å². The third-order valence-electron chi connectivity index (χ3n) is 1.70. The highest BCUT2D eigenvalue weighted by molar-refractivity contribution is 5.76. The fraction of sp³-hybridized carbons (Fsp3) is 0.333. The number of methoxy groups -OCH3 is 1. The Morgan fingerprint density at radius 3 is 3.00 bits per heavy atom. The molecular formula is C9H12N2O3. The Labute approximate surface area is 81.7 Å². The molecule has 0 amide bonds. The fourth-order valence-electron chi connectivity index (χ4n) is 0.901. The van der Waals surface area contributed by atoms with E-state index in [1.54, 1.807) is 32.4 Å². The zero-order chi connectivity index (χ0) is 10.6. The number of hydrogen-bond acceptors (Lipinski definition) is 4. The molecule has 1 heterocycles. The number of nitrogens with zero attached hydrogens (tertiary/aromatic N) is 1. The van der Waals surface area contributed by atoms with Crippen LogP contribution in [-0.2, 0) is 4.79 Å². The van der Waals surface area contributed by atoms with Gasteiger partial charge in [0.05, 0.1) is 7.11 Å². The number of nitrogens with one attached hydrogen (secondary N) is 1. The van der Waals surface area contributed by atoms with Gasteiger partial charge in [0.2, 0.25) is 0 Å². The number of rotatable bonds is 4. The summed E-state index contributed by atoms with van der Waals surface area (Å²) >= 11 is 0. The molecular weight excluding hydrogens is 184 g/mol. The number of pyridine rings is 1. The molecule has 0 bridgehead atoms. The molecule has 14 heavy (non-hydrogen) atoms. The van der Waals surface area contributed by atoms with Crippen molar-refractivity contribution in [2.45, 2.75) is 13.0 Å². The third kappa shape index (κ3) is 2.62. The van der Waals surface area contributed by atoms with Gasteiger partial charge in [0.25, 0.3) is 0 Å². The molecule has 76 valence electrons. The first-order chi connectivity index (χ1) is 6.63. The lowest BCUT2D eigenvalue weighted by Crippen LogP contribution is -2.25. The summed E-state index contributed by atoms with van der Waals surface area (Å²) in [6.07, 6.45) is 1.55. The summed E-state index contributed by atoms with van der Waals surface area (Å²) < 4.78 is 4.97. The average Bonchev–Trinajstić information content (AvgIpc) is 2.18. The van der Waals surface area contributed by atoms with Crippen LogP contribution in [-0.4, -0.2) is 29.2 Å². The third-order valence-corrected chi connectivity index (χ3v) is 1.70. The molecule has 0 aliphatic carbocycles. The van der Waals surface area contributed by atoms with Gasteiger partial charge in [-0.05, 0) is 13.0 Å². The number of anilines is 1. The first-order valence-electron chi connectivity index (χ1n) is 4.13. The minimum atomic E-state index is -0.922. The number of hydrogen-bond donors (Lipinski definition) is 2. The van der Waals surface area contributed by atoms with E-state index in [1.165, 1.54) is 0 Å². The number of carboxylic acids is 1. The van der Waals surface area contributed by atoms with E-state index in [-0.39, 0.29) is 0 Å². The van der Waals surface area contributed by atoms with Crippen LogP contribution >= 0.6 is 0 Å². The Balaban J connectivity index is 2.71. The number of ether oxygens (including phenoxy) is 1. The smallest absolute Gasteiger partial charge is 0.325 e. The molecule has 1 atom stereocenters. The molecule has 0 aromatic carbocycles. The lowest BCUT2D eigenvalue weighted by atomic mass is 10.3. The van der Waals surface area contributed by atoms with Crippen LogP contribution in [0.5, 0.6) is 5.75 Å². The van der Waals surface area contributed by atoms with Crippen LogP contribution < -0.4 is 10.1 Å². The van der Waals surface area contributed by atoms with E-state index in [0.29, 0.717) is 11.6 Å². The molecule has 1 unspecified atom stereocenters. The van der Waals surface area contributed by atoms with Crippen LogP contribution in [0, 0.1) is 0 Å². The Morgan fingerprint density at radius 2 is 2.43 bits per heavy atom. The molecule has 0 radical (unpaired) electrons. The van der Waals surface area contributed by atoms with E-state index in [2.05, 4.69) is 10.3 Å². The molecule has 5 nitrogen and oxygen atoms in total. The van der Waals surface area contributed by atoms with E-state index in [9.17, 15) is 4.79 Å². The van der Waals surface area contributed by atoms with Crippen molar-refractivity contribution in [1.82, 2.24) is 4.98 Å². The summed E-state index contributed by atoms with van der Waals surface area (Å²) in [5.74, 6) is 0.203. The zero-order valence-electron chi connectivity index (χ0n) is 8.02. The summed E-state index contributed by atoms with van der Waals surface area (Å²) in [4.78, 5) is 14.5. The first kappa shape index (κ1) is 10.3. The highest BCUT2D eigenvalue weighted by Crippen LogP contribution is 2.14. The molecule has 0 aliphatic heterocycles. The van der Waals surface area contributed by atoms with Gasteiger partial charge in [-0.3, -0.25) is 4.79 Å². The number of aromatic nitrogens is 1. The fourth-order valence-corrected chi connectivity index (χ4v) is 0.901. The molecule has 0 saturated carbocycles. The van der Waals surface area contributed by atoms with Gasteiger partial charge in [0.1, 0.15) is 17.6 Å². The molecule has 0 saturated heterocycles. The Kier molecular flexibility index (Phi) is 3.28. The predicted molar refractivity (Wildman–Crippen MR) is 51.5 cm³/mol. The molecule has 0 fully saturated rings. The maximum absolute atomic E-state index is 10.5. The highest BCUT2D eigenvalue weighted by atomic mass is 16.5. The van der Waals surface area contributed by atoms with Crippen LogP contribution in [0.1, 0.15) is 6.92 Å². The van der Waals surface area contributed by atoms with Crippen molar-refractivity contribution in [1.29, 1.82) is 0 Å². The van der Waals surface area contributed by atoms with Gasteiger partial charge in [-0.2, -0.15) is 0 Å². The van der Waals surface area contributed by atoms with Crippen LogP contribution in [0.2, 0.25) is 0 Å². The van der Waals surface area contributed by atoms with Gasteiger partial charge >= 0.3 is 5.97 Å². The quantitative estimate of drug-likeness (QED) is 0.750. The van der Waals surface area contributed by atoms with Gasteiger partial charge in [-0.1, -0.05) is 0 Å². The molecule has 1 aromatic heterocycles.